The van der Waals surface area contributed by atoms with E-state index in [0.29, 0.717) is 23.7 Å². The Morgan fingerprint density at radius 2 is 1.60 bits per heavy atom. The largest absolute Gasteiger partial charge is 0.495 e. The molecule has 0 fully saturated rings. The standard InChI is InChI=1S/C33H28ClN3O5S/c1-41-32-18-15-28(20-31(32)34)37(43(39,40)30-9-3-2-4-10-30)22-33(38)36-35-21-24-12-16-29(17-13-24)42-23-25-11-14-26-7-5-6-8-27(26)19-25/h2-21H,22-23H2,1H3,(H,36,38)/b35-21-. The number of carbonyl (C=O) groups excluding carboxylic acids is 1. The second kappa shape index (κ2) is 13.4. The maximum Gasteiger partial charge on any atom is 0.264 e. The summed E-state index contributed by atoms with van der Waals surface area (Å²) in [5.74, 6) is 0.425. The van der Waals surface area contributed by atoms with Crippen LogP contribution in [0.1, 0.15) is 11.1 Å². The molecule has 0 aliphatic heterocycles. The monoisotopic (exact) mass is 613 g/mol. The maximum atomic E-state index is 13.5. The molecule has 0 unspecified atom stereocenters. The molecular weight excluding hydrogens is 586 g/mol. The highest BCUT2D eigenvalue weighted by Gasteiger charge is 2.27. The van der Waals surface area contributed by atoms with Crippen LogP contribution in [-0.4, -0.2) is 34.2 Å². The molecule has 5 aromatic carbocycles. The van der Waals surface area contributed by atoms with E-state index in [4.69, 9.17) is 21.1 Å². The van der Waals surface area contributed by atoms with Crippen LogP contribution in [0, 0.1) is 0 Å². The number of hydrogen-bond acceptors (Lipinski definition) is 6. The number of carbonyl (C=O) groups is 1. The first-order valence-corrected chi connectivity index (χ1v) is 15.1. The molecular formula is C33H28ClN3O5S. The van der Waals surface area contributed by atoms with E-state index in [0.717, 1.165) is 15.3 Å². The van der Waals surface area contributed by atoms with Gasteiger partial charge in [0.2, 0.25) is 0 Å². The van der Waals surface area contributed by atoms with Crippen LogP contribution in [-0.2, 0) is 21.4 Å². The van der Waals surface area contributed by atoms with Crippen molar-refractivity contribution in [2.24, 2.45) is 5.10 Å². The summed E-state index contributed by atoms with van der Waals surface area (Å²) in [4.78, 5) is 12.9. The van der Waals surface area contributed by atoms with Gasteiger partial charge in [-0.25, -0.2) is 13.8 Å². The quantitative estimate of drug-likeness (QED) is 0.137. The predicted octanol–water partition coefficient (Wildman–Crippen LogP) is 6.43. The normalized spacial score (nSPS) is 11.4. The molecule has 10 heteroatoms. The number of hydrazone groups is 1. The summed E-state index contributed by atoms with van der Waals surface area (Å²) in [6, 6.07) is 33.9. The summed E-state index contributed by atoms with van der Waals surface area (Å²) in [5.41, 5.74) is 4.38. The fraction of sp³-hybridized carbons (Fsp3) is 0.0909. The molecule has 1 amide bonds. The second-order valence-electron chi connectivity index (χ2n) is 9.48. The van der Waals surface area contributed by atoms with Crippen molar-refractivity contribution < 1.29 is 22.7 Å². The SMILES string of the molecule is COc1ccc(N(CC(=O)N/N=C\c2ccc(OCc3ccc4ccccc4c3)cc2)S(=O)(=O)c2ccccc2)cc1Cl. The average molecular weight is 614 g/mol. The first-order chi connectivity index (χ1) is 20.8. The molecule has 0 saturated carbocycles. The van der Waals surface area contributed by atoms with Gasteiger partial charge in [-0.2, -0.15) is 5.10 Å². The van der Waals surface area contributed by atoms with Crippen molar-refractivity contribution in [3.63, 3.8) is 0 Å². The number of benzene rings is 5. The summed E-state index contributed by atoms with van der Waals surface area (Å²) in [6.07, 6.45) is 1.46. The number of halogens is 1. The lowest BCUT2D eigenvalue weighted by molar-refractivity contribution is -0.119. The van der Waals surface area contributed by atoms with Crippen LogP contribution in [0.15, 0.2) is 125 Å². The van der Waals surface area contributed by atoms with Gasteiger partial charge in [-0.3, -0.25) is 9.10 Å². The smallest absolute Gasteiger partial charge is 0.264 e. The molecule has 218 valence electrons. The van der Waals surface area contributed by atoms with E-state index in [1.807, 2.05) is 30.3 Å². The van der Waals surface area contributed by atoms with Gasteiger partial charge < -0.3 is 9.47 Å². The molecule has 5 aromatic rings. The molecule has 0 saturated heterocycles. The van der Waals surface area contributed by atoms with Crippen molar-refractivity contribution in [1.82, 2.24) is 5.43 Å². The van der Waals surface area contributed by atoms with E-state index in [1.165, 1.54) is 49.0 Å². The van der Waals surface area contributed by atoms with E-state index in [9.17, 15) is 13.2 Å². The topological polar surface area (TPSA) is 97.3 Å². The second-order valence-corrected chi connectivity index (χ2v) is 11.7. The molecule has 43 heavy (non-hydrogen) atoms. The van der Waals surface area contributed by atoms with Crippen molar-refractivity contribution in [3.8, 4) is 11.5 Å². The zero-order valence-electron chi connectivity index (χ0n) is 23.2. The van der Waals surface area contributed by atoms with Crippen molar-refractivity contribution >= 4 is 50.2 Å². The minimum absolute atomic E-state index is 0.0289. The van der Waals surface area contributed by atoms with Crippen LogP contribution in [0.25, 0.3) is 10.8 Å². The lowest BCUT2D eigenvalue weighted by Gasteiger charge is -2.24. The van der Waals surface area contributed by atoms with Gasteiger partial charge in [-0.05, 0) is 82.6 Å². The number of nitrogens with zero attached hydrogens (tertiary/aromatic N) is 2. The van der Waals surface area contributed by atoms with Crippen LogP contribution in [0.2, 0.25) is 5.02 Å². The molecule has 0 bridgehead atoms. The Bertz CT molecular complexity index is 1860. The summed E-state index contributed by atoms with van der Waals surface area (Å²) < 4.78 is 39.0. The Morgan fingerprint density at radius 1 is 0.884 bits per heavy atom. The summed E-state index contributed by atoms with van der Waals surface area (Å²) in [7, 11) is -2.64. The van der Waals surface area contributed by atoms with Gasteiger partial charge in [0, 0.05) is 0 Å². The first kappa shape index (κ1) is 29.6. The molecule has 0 atom stereocenters. The van der Waals surface area contributed by atoms with E-state index < -0.39 is 22.5 Å². The average Bonchev–Trinajstić information content (AvgIpc) is 3.03. The summed E-state index contributed by atoms with van der Waals surface area (Å²) in [6.45, 7) is -0.102. The highest BCUT2D eigenvalue weighted by Crippen LogP contribution is 2.32. The van der Waals surface area contributed by atoms with Crippen molar-refractivity contribution in [1.29, 1.82) is 0 Å². The lowest BCUT2D eigenvalue weighted by atomic mass is 10.1. The Labute approximate surface area is 255 Å². The third-order valence-electron chi connectivity index (χ3n) is 6.54. The summed E-state index contributed by atoms with van der Waals surface area (Å²) >= 11 is 6.26. The minimum atomic E-state index is -4.10. The minimum Gasteiger partial charge on any atom is -0.495 e. The van der Waals surface area contributed by atoms with Crippen LogP contribution < -0.4 is 19.2 Å². The molecule has 0 aliphatic carbocycles. The number of sulfonamides is 1. The molecule has 1 N–H and O–H groups in total. The molecule has 5 rings (SSSR count). The Kier molecular flexibility index (Phi) is 9.24. The summed E-state index contributed by atoms with van der Waals surface area (Å²) in [5, 5.41) is 6.55. The molecule has 0 aromatic heterocycles. The van der Waals surface area contributed by atoms with Gasteiger partial charge in [-0.1, -0.05) is 66.2 Å². The Balaban J connectivity index is 1.22. The van der Waals surface area contributed by atoms with E-state index in [1.54, 1.807) is 30.3 Å². The Hall–Kier alpha value is -4.86. The number of ether oxygens (including phenoxy) is 2. The first-order valence-electron chi connectivity index (χ1n) is 13.3. The zero-order chi connectivity index (χ0) is 30.2. The van der Waals surface area contributed by atoms with Crippen molar-refractivity contribution in [3.05, 3.63) is 131 Å². The highest BCUT2D eigenvalue weighted by molar-refractivity contribution is 7.92. The fourth-order valence-electron chi connectivity index (χ4n) is 4.34. The van der Waals surface area contributed by atoms with Gasteiger partial charge in [0.1, 0.15) is 24.7 Å². The zero-order valence-corrected chi connectivity index (χ0v) is 24.8. The molecule has 8 nitrogen and oxygen atoms in total. The van der Waals surface area contributed by atoms with E-state index >= 15 is 0 Å². The Morgan fingerprint density at radius 3 is 2.33 bits per heavy atom. The van der Waals surface area contributed by atoms with Crippen LogP contribution in [0.4, 0.5) is 5.69 Å². The van der Waals surface area contributed by atoms with Crippen LogP contribution >= 0.6 is 11.6 Å². The van der Waals surface area contributed by atoms with Crippen LogP contribution in [0.5, 0.6) is 11.5 Å². The van der Waals surface area contributed by atoms with Gasteiger partial charge in [-0.15, -0.1) is 0 Å². The van der Waals surface area contributed by atoms with Gasteiger partial charge in [0.15, 0.2) is 0 Å². The van der Waals surface area contributed by atoms with Crippen LogP contribution in [0.3, 0.4) is 0 Å². The van der Waals surface area contributed by atoms with Gasteiger partial charge in [0.25, 0.3) is 15.9 Å². The number of hydrogen-bond donors (Lipinski definition) is 1. The fourth-order valence-corrected chi connectivity index (χ4v) is 6.02. The van der Waals surface area contributed by atoms with Crippen molar-refractivity contribution in [2.45, 2.75) is 11.5 Å². The number of fused-ring (bicyclic) bond motifs is 1. The van der Waals surface area contributed by atoms with Gasteiger partial charge in [0.05, 0.1) is 28.9 Å². The molecule has 0 aliphatic rings. The molecule has 0 heterocycles. The maximum absolute atomic E-state index is 13.5. The number of rotatable bonds is 11. The van der Waals surface area contributed by atoms with Gasteiger partial charge >= 0.3 is 0 Å². The lowest BCUT2D eigenvalue weighted by Crippen LogP contribution is -2.39. The van der Waals surface area contributed by atoms with E-state index in [2.05, 4.69) is 34.8 Å². The molecule has 0 spiro atoms. The third kappa shape index (κ3) is 7.32. The number of methoxy groups -OCH3 is 1. The third-order valence-corrected chi connectivity index (χ3v) is 8.63. The highest BCUT2D eigenvalue weighted by atomic mass is 35.5. The number of amides is 1. The molecule has 0 radical (unpaired) electrons. The predicted molar refractivity (Wildman–Crippen MR) is 169 cm³/mol. The van der Waals surface area contributed by atoms with E-state index in [-0.39, 0.29) is 15.6 Å². The van der Waals surface area contributed by atoms with Crippen molar-refractivity contribution in [2.75, 3.05) is 18.0 Å². The number of anilines is 1. The number of nitrogens with one attached hydrogen (secondary N) is 1.